The van der Waals surface area contributed by atoms with Crippen LogP contribution in [0.3, 0.4) is 0 Å². The van der Waals surface area contributed by atoms with Crippen LogP contribution in [0.1, 0.15) is 101 Å². The first kappa shape index (κ1) is 44.4. The zero-order valence-electron chi connectivity index (χ0n) is 38.0. The number of H-pyrrole nitrogens is 1. The maximum absolute atomic E-state index is 14.1. The summed E-state index contributed by atoms with van der Waals surface area (Å²) in [6.07, 6.45) is 13.9. The smallest absolute Gasteiger partial charge is 0.407 e. The minimum atomic E-state index is -0.692. The van der Waals surface area contributed by atoms with E-state index in [4.69, 9.17) is 19.2 Å². The predicted octanol–water partition coefficient (Wildman–Crippen LogP) is 5.20. The number of hydrogen-bond acceptors (Lipinski definition) is 9. The maximum Gasteiger partial charge on any atom is 0.407 e. The Labute approximate surface area is 371 Å². The van der Waals surface area contributed by atoms with Crippen LogP contribution < -0.4 is 16.0 Å². The Morgan fingerprint density at radius 3 is 2.32 bits per heavy atom. The highest BCUT2D eigenvalue weighted by Gasteiger charge is 2.55. The average Bonchev–Trinajstić information content (AvgIpc) is 3.92. The zero-order valence-corrected chi connectivity index (χ0v) is 38.0. The molecule has 6 atom stereocenters. The number of ether oxygens (including phenoxy) is 3. The molecule has 1 aromatic heterocycles. The summed E-state index contributed by atoms with van der Waals surface area (Å²) in [5, 5.41) is 9.47. The zero-order chi connectivity index (χ0) is 44.4. The van der Waals surface area contributed by atoms with Crippen LogP contribution >= 0.6 is 0 Å². The third kappa shape index (κ3) is 9.54. The van der Waals surface area contributed by atoms with Crippen molar-refractivity contribution in [3.63, 3.8) is 0 Å². The average molecular weight is 868 g/mol. The van der Waals surface area contributed by atoms with Gasteiger partial charge in [-0.25, -0.2) is 19.1 Å². The van der Waals surface area contributed by atoms with Crippen LogP contribution in [0.15, 0.2) is 41.6 Å². The first-order chi connectivity index (χ1) is 30.5. The molecule has 8 rings (SSSR count). The van der Waals surface area contributed by atoms with Crippen molar-refractivity contribution >= 4 is 29.8 Å². The van der Waals surface area contributed by atoms with Gasteiger partial charge in [0.05, 0.1) is 32.7 Å². The van der Waals surface area contributed by atoms with Crippen LogP contribution in [-0.4, -0.2) is 132 Å². The molecular formula is C48H67N8O7+. The lowest BCUT2D eigenvalue weighted by Gasteiger charge is -2.33. The van der Waals surface area contributed by atoms with Crippen molar-refractivity contribution in [2.45, 2.75) is 122 Å². The molecule has 4 amide bonds. The van der Waals surface area contributed by atoms with Gasteiger partial charge in [-0.1, -0.05) is 45.4 Å². The van der Waals surface area contributed by atoms with Gasteiger partial charge in [-0.05, 0) is 110 Å². The molecule has 6 aliphatic rings. The van der Waals surface area contributed by atoms with E-state index in [0.717, 1.165) is 68.6 Å². The molecule has 2 aromatic rings. The number of nitrogens with zero attached hydrogens (tertiary/aromatic N) is 4. The van der Waals surface area contributed by atoms with Gasteiger partial charge in [0, 0.05) is 37.8 Å². The lowest BCUT2D eigenvalue weighted by Crippen LogP contribution is -2.54. The van der Waals surface area contributed by atoms with Crippen molar-refractivity contribution in [3.8, 4) is 11.3 Å². The highest BCUT2D eigenvalue weighted by atomic mass is 16.5. The molecule has 0 spiro atoms. The van der Waals surface area contributed by atoms with Crippen LogP contribution in [0.25, 0.3) is 11.3 Å². The topological polar surface area (TPSA) is 170 Å². The van der Waals surface area contributed by atoms with Gasteiger partial charge in [-0.3, -0.25) is 14.9 Å². The molecule has 3 aliphatic heterocycles. The summed E-state index contributed by atoms with van der Waals surface area (Å²) >= 11 is 0. The molecule has 0 saturated carbocycles. The molecule has 15 heteroatoms. The van der Waals surface area contributed by atoms with E-state index in [1.807, 2.05) is 31.9 Å². The molecule has 15 nitrogen and oxygen atoms in total. The van der Waals surface area contributed by atoms with Crippen molar-refractivity contribution in [1.29, 1.82) is 0 Å². The van der Waals surface area contributed by atoms with E-state index in [1.165, 1.54) is 42.1 Å². The van der Waals surface area contributed by atoms with E-state index < -0.39 is 24.3 Å². The van der Waals surface area contributed by atoms with E-state index in [1.54, 1.807) is 4.90 Å². The number of carbonyl (C=O) groups is 4. The Morgan fingerprint density at radius 2 is 1.62 bits per heavy atom. The molecule has 4 heterocycles. The standard InChI is InChI=1S/C48H66N8O7/c1-7-15-54(46(58)44(53-48(60)62-6)30-13-17-63-18-14-30)26-39-49-24-37(50-39)34-22-32-10-9-29-19-35(21-31-11-12-33(23-34)41(32)36(31)20-29)43-38-25-56(38)40(51-43)27-55(16-8-2)45(57)42(28(3)4)52-47(59)61-5/h19,21-24,28-30,36,38,42-44H,7-18,20,25-27H2,1-6H3,(H3,49,50,52,53,59,60)/p+1. The molecule has 3 aliphatic carbocycles. The molecule has 4 N–H and O–H groups in total. The summed E-state index contributed by atoms with van der Waals surface area (Å²) in [6, 6.07) is 3.93. The quantitative estimate of drug-likeness (QED) is 0.131. The predicted molar refractivity (Wildman–Crippen MR) is 238 cm³/mol. The number of methoxy groups -OCH3 is 2. The van der Waals surface area contributed by atoms with Crippen LogP contribution in [0.4, 0.5) is 9.59 Å². The van der Waals surface area contributed by atoms with Crippen LogP contribution in [0.5, 0.6) is 0 Å². The third-order valence-corrected chi connectivity index (χ3v) is 14.1. The molecule has 2 saturated heterocycles. The number of amidine groups is 1. The Hall–Kier alpha value is -5.18. The Balaban J connectivity index is 0.966. The highest BCUT2D eigenvalue weighted by Crippen LogP contribution is 2.49. The minimum absolute atomic E-state index is 0.0304. The first-order valence-corrected chi connectivity index (χ1v) is 23.3. The van der Waals surface area contributed by atoms with Gasteiger partial charge < -0.3 is 39.6 Å². The van der Waals surface area contributed by atoms with Gasteiger partial charge in [0.25, 0.3) is 5.84 Å². The molecule has 1 aromatic carbocycles. The Kier molecular flexibility index (Phi) is 13.6. The SMILES string of the molecule is CCCN(CC1=[N+]2CC2C(C2=CC3CCc4cc(-c5cnc(CN(CCC)C(=O)C(NC(=O)OC)C6CCOCC6)[nH]5)cc5c4C(C3)C(=C2)CC5)N1)C(=O)C(NC(=O)OC)C(C)C. The molecule has 2 bridgehead atoms. The van der Waals surface area contributed by atoms with E-state index in [0.29, 0.717) is 75.9 Å². The number of allylic oxidation sites excluding steroid dienone is 2. The normalized spacial score (nSPS) is 23.2. The monoisotopic (exact) mass is 868 g/mol. The Morgan fingerprint density at radius 1 is 0.921 bits per heavy atom. The highest BCUT2D eigenvalue weighted by molar-refractivity contribution is 5.91. The largest absolute Gasteiger partial charge is 0.453 e. The summed E-state index contributed by atoms with van der Waals surface area (Å²) in [6.45, 7) is 12.1. The second-order valence-electron chi connectivity index (χ2n) is 18.7. The number of fused-ring (bicyclic) bond motifs is 2. The van der Waals surface area contributed by atoms with E-state index >= 15 is 0 Å². The van der Waals surface area contributed by atoms with Gasteiger partial charge in [0.2, 0.25) is 11.8 Å². The molecule has 340 valence electrons. The summed E-state index contributed by atoms with van der Waals surface area (Å²) in [5.41, 5.74) is 9.34. The van der Waals surface area contributed by atoms with Gasteiger partial charge in [-0.2, -0.15) is 0 Å². The van der Waals surface area contributed by atoms with E-state index in [2.05, 4.69) is 56.7 Å². The molecule has 63 heavy (non-hydrogen) atoms. The number of aromatic nitrogens is 2. The van der Waals surface area contributed by atoms with Gasteiger partial charge in [-0.15, -0.1) is 0 Å². The van der Waals surface area contributed by atoms with Crippen molar-refractivity contribution < 1.29 is 38.0 Å². The molecule has 2 fully saturated rings. The summed E-state index contributed by atoms with van der Waals surface area (Å²) in [7, 11) is 2.64. The van der Waals surface area contributed by atoms with Crippen LogP contribution in [-0.2, 0) is 43.2 Å². The van der Waals surface area contributed by atoms with Gasteiger partial charge >= 0.3 is 12.2 Å². The number of alkyl carbamates (subject to hydrolysis) is 2. The fourth-order valence-electron chi connectivity index (χ4n) is 10.8. The van der Waals surface area contributed by atoms with E-state index in [9.17, 15) is 19.2 Å². The molecule has 6 unspecified atom stereocenters. The number of aromatic amines is 1. The summed E-state index contributed by atoms with van der Waals surface area (Å²) in [5.74, 6) is 2.31. The number of imidazole rings is 1. The number of benzene rings is 1. The minimum Gasteiger partial charge on any atom is -0.453 e. The number of aryl methyl sites for hydroxylation is 2. The van der Waals surface area contributed by atoms with Crippen molar-refractivity contribution in [2.24, 2.45) is 17.8 Å². The molecular weight excluding hydrogens is 801 g/mol. The second kappa shape index (κ2) is 19.3. The number of amides is 4. The van der Waals surface area contributed by atoms with Gasteiger partial charge in [0.15, 0.2) is 12.1 Å². The summed E-state index contributed by atoms with van der Waals surface area (Å²) in [4.78, 5) is 64.4. The number of rotatable bonds is 16. The van der Waals surface area contributed by atoms with Crippen molar-refractivity contribution in [2.75, 3.05) is 53.6 Å². The Bertz CT molecular complexity index is 2150. The lowest BCUT2D eigenvalue weighted by molar-refractivity contribution is -0.354. The second-order valence-corrected chi connectivity index (χ2v) is 18.7. The van der Waals surface area contributed by atoms with Gasteiger partial charge in [0.1, 0.15) is 31.0 Å². The fourth-order valence-corrected chi connectivity index (χ4v) is 10.8. The van der Waals surface area contributed by atoms with Crippen LogP contribution in [0.2, 0.25) is 0 Å². The van der Waals surface area contributed by atoms with Crippen molar-refractivity contribution in [1.82, 2.24) is 35.7 Å². The summed E-state index contributed by atoms with van der Waals surface area (Å²) < 4.78 is 17.7. The fraction of sp³-hybridized carbons (Fsp3) is 0.625. The lowest BCUT2D eigenvalue weighted by atomic mass is 9.74. The van der Waals surface area contributed by atoms with Crippen LogP contribution in [0, 0.1) is 17.8 Å². The molecule has 0 radical (unpaired) electrons. The maximum atomic E-state index is 14.1. The van der Waals surface area contributed by atoms with E-state index in [-0.39, 0.29) is 29.7 Å². The number of hydrogen-bond donors (Lipinski definition) is 4. The third-order valence-electron chi connectivity index (χ3n) is 14.1. The first-order valence-electron chi connectivity index (χ1n) is 23.3. The van der Waals surface area contributed by atoms with Crippen molar-refractivity contribution in [3.05, 3.63) is 64.1 Å². The number of nitrogens with one attached hydrogen (secondary N) is 4. The number of carbonyl (C=O) groups excluding carboxylic acids is 4.